The van der Waals surface area contributed by atoms with E-state index < -0.39 is 28.5 Å². The molecule has 1 atom stereocenters. The molecule has 0 spiro atoms. The Morgan fingerprint density at radius 1 is 0.975 bits per heavy atom. The van der Waals surface area contributed by atoms with Crippen LogP contribution in [0.4, 0.5) is 5.69 Å². The van der Waals surface area contributed by atoms with E-state index in [0.717, 1.165) is 19.9 Å². The van der Waals surface area contributed by atoms with Gasteiger partial charge in [-0.3, -0.25) is 13.9 Å². The lowest BCUT2D eigenvalue weighted by Crippen LogP contribution is -2.51. The molecule has 40 heavy (non-hydrogen) atoms. The summed E-state index contributed by atoms with van der Waals surface area (Å²) in [6.45, 7) is 9.29. The van der Waals surface area contributed by atoms with Crippen LogP contribution in [0, 0.1) is 19.8 Å². The van der Waals surface area contributed by atoms with Gasteiger partial charge in [-0.1, -0.05) is 77.3 Å². The molecule has 0 heterocycles. The molecule has 1 N–H and O–H groups in total. The Balaban J connectivity index is 2.06. The fraction of sp³-hybridized carbons (Fsp3) is 0.333. The van der Waals surface area contributed by atoms with Gasteiger partial charge in [0.2, 0.25) is 11.8 Å². The molecule has 3 aromatic carbocycles. The molecule has 0 saturated heterocycles. The van der Waals surface area contributed by atoms with E-state index in [-0.39, 0.29) is 23.3 Å². The number of amides is 2. The van der Waals surface area contributed by atoms with Gasteiger partial charge in [-0.2, -0.15) is 0 Å². The highest BCUT2D eigenvalue weighted by molar-refractivity contribution is 9.10. The SMILES string of the molecule is Cc1ccc(S(=O)(=O)N(CC(=O)N(Cc2cccc(Br)c2)[C@@H](C)C(=O)NCC(C)C)c2cc(Cl)ccc2C)cc1. The van der Waals surface area contributed by atoms with E-state index in [1.807, 2.05) is 45.0 Å². The van der Waals surface area contributed by atoms with Crippen LogP contribution in [0.25, 0.3) is 0 Å². The van der Waals surface area contributed by atoms with Gasteiger partial charge in [0.1, 0.15) is 12.6 Å². The highest BCUT2D eigenvalue weighted by Crippen LogP contribution is 2.30. The predicted octanol–water partition coefficient (Wildman–Crippen LogP) is 6.10. The maximum Gasteiger partial charge on any atom is 0.264 e. The number of hydrogen-bond acceptors (Lipinski definition) is 4. The number of aryl methyl sites for hydroxylation is 2. The average molecular weight is 649 g/mol. The number of carbonyl (C=O) groups excluding carboxylic acids is 2. The summed E-state index contributed by atoms with van der Waals surface area (Å²) in [5.41, 5.74) is 2.62. The molecule has 0 aliphatic heterocycles. The molecular weight excluding hydrogens is 614 g/mol. The number of sulfonamides is 1. The zero-order valence-electron chi connectivity index (χ0n) is 23.3. The molecule has 7 nitrogen and oxygen atoms in total. The van der Waals surface area contributed by atoms with Gasteiger partial charge in [-0.05, 0) is 74.2 Å². The van der Waals surface area contributed by atoms with Crippen molar-refractivity contribution in [3.05, 3.63) is 92.9 Å². The maximum atomic E-state index is 14.0. The molecule has 0 saturated carbocycles. The van der Waals surface area contributed by atoms with Crippen LogP contribution >= 0.6 is 27.5 Å². The van der Waals surface area contributed by atoms with Crippen LogP contribution < -0.4 is 9.62 Å². The lowest BCUT2D eigenvalue weighted by atomic mass is 10.1. The third-order valence-corrected chi connectivity index (χ3v) is 8.92. The highest BCUT2D eigenvalue weighted by atomic mass is 79.9. The number of benzene rings is 3. The standard InChI is InChI=1S/C30H35BrClN3O4S/c1-20(2)17-33-30(37)23(5)34(18-24-7-6-8-25(31)15-24)29(36)19-35(28-16-26(32)12-11-22(28)4)40(38,39)27-13-9-21(3)10-14-27/h6-16,20,23H,17-19H2,1-5H3,(H,33,37)/t23-/m0/s1. The van der Waals surface area contributed by atoms with Crippen molar-refractivity contribution in [2.45, 2.75) is 52.1 Å². The number of halogens is 2. The van der Waals surface area contributed by atoms with E-state index >= 15 is 0 Å². The fourth-order valence-corrected chi connectivity index (χ4v) is 6.15. The zero-order chi connectivity index (χ0) is 29.6. The smallest absolute Gasteiger partial charge is 0.264 e. The number of nitrogens with one attached hydrogen (secondary N) is 1. The Hall–Kier alpha value is -2.88. The van der Waals surface area contributed by atoms with E-state index in [2.05, 4.69) is 21.2 Å². The predicted molar refractivity (Wildman–Crippen MR) is 164 cm³/mol. The molecule has 0 radical (unpaired) electrons. The van der Waals surface area contributed by atoms with Gasteiger partial charge in [0.05, 0.1) is 10.6 Å². The van der Waals surface area contributed by atoms with Crippen LogP contribution in [0.1, 0.15) is 37.5 Å². The van der Waals surface area contributed by atoms with E-state index in [0.29, 0.717) is 22.8 Å². The second-order valence-corrected chi connectivity index (χ2v) is 13.4. The Morgan fingerprint density at radius 2 is 1.65 bits per heavy atom. The first-order chi connectivity index (χ1) is 18.8. The largest absolute Gasteiger partial charge is 0.354 e. The van der Waals surface area contributed by atoms with Gasteiger partial charge >= 0.3 is 0 Å². The Bertz CT molecular complexity index is 1460. The lowest BCUT2D eigenvalue weighted by molar-refractivity contribution is -0.139. The quantitative estimate of drug-likeness (QED) is 0.272. The van der Waals surface area contributed by atoms with Crippen LogP contribution in [0.15, 0.2) is 76.1 Å². The first kappa shape index (κ1) is 31.6. The van der Waals surface area contributed by atoms with Crippen molar-refractivity contribution in [2.24, 2.45) is 5.92 Å². The monoisotopic (exact) mass is 647 g/mol. The summed E-state index contributed by atoms with van der Waals surface area (Å²) >= 11 is 9.73. The van der Waals surface area contributed by atoms with E-state index in [1.165, 1.54) is 23.1 Å². The van der Waals surface area contributed by atoms with E-state index in [1.54, 1.807) is 38.1 Å². The molecule has 10 heteroatoms. The third kappa shape index (κ3) is 8.08. The van der Waals surface area contributed by atoms with Gasteiger partial charge in [0, 0.05) is 22.6 Å². The van der Waals surface area contributed by atoms with Gasteiger partial charge < -0.3 is 10.2 Å². The molecule has 0 unspecified atom stereocenters. The molecule has 3 rings (SSSR count). The van der Waals surface area contributed by atoms with Gasteiger partial charge in [0.15, 0.2) is 0 Å². The van der Waals surface area contributed by atoms with Crippen molar-refractivity contribution < 1.29 is 18.0 Å². The van der Waals surface area contributed by atoms with Crippen LogP contribution in [-0.4, -0.2) is 44.3 Å². The number of carbonyl (C=O) groups is 2. The van der Waals surface area contributed by atoms with Crippen molar-refractivity contribution in [2.75, 3.05) is 17.4 Å². The summed E-state index contributed by atoms with van der Waals surface area (Å²) < 4.78 is 29.9. The van der Waals surface area contributed by atoms with Gasteiger partial charge in [0.25, 0.3) is 10.0 Å². The fourth-order valence-electron chi connectivity index (χ4n) is 4.07. The molecule has 0 aliphatic rings. The van der Waals surface area contributed by atoms with Crippen molar-refractivity contribution in [1.82, 2.24) is 10.2 Å². The topological polar surface area (TPSA) is 86.8 Å². The van der Waals surface area contributed by atoms with Crippen molar-refractivity contribution in [3.8, 4) is 0 Å². The van der Waals surface area contributed by atoms with Crippen LogP contribution in [-0.2, 0) is 26.2 Å². The minimum absolute atomic E-state index is 0.0477. The minimum Gasteiger partial charge on any atom is -0.354 e. The van der Waals surface area contributed by atoms with Crippen molar-refractivity contribution in [1.29, 1.82) is 0 Å². The maximum absolute atomic E-state index is 14.0. The van der Waals surface area contributed by atoms with Crippen molar-refractivity contribution in [3.63, 3.8) is 0 Å². The lowest BCUT2D eigenvalue weighted by Gasteiger charge is -2.32. The molecule has 3 aromatic rings. The molecule has 214 valence electrons. The number of anilines is 1. The van der Waals surface area contributed by atoms with E-state index in [4.69, 9.17) is 11.6 Å². The Kier molecular flexibility index (Phi) is 10.8. The number of rotatable bonds is 11. The molecular formula is C30H35BrClN3O4S. The van der Waals surface area contributed by atoms with E-state index in [9.17, 15) is 18.0 Å². The first-order valence-electron chi connectivity index (χ1n) is 13.0. The van der Waals surface area contributed by atoms with Crippen LogP contribution in [0.3, 0.4) is 0 Å². The minimum atomic E-state index is -4.17. The van der Waals surface area contributed by atoms with Crippen LogP contribution in [0.2, 0.25) is 5.02 Å². The van der Waals surface area contributed by atoms with Crippen molar-refractivity contribution >= 4 is 55.1 Å². The first-order valence-corrected chi connectivity index (χ1v) is 15.6. The second kappa shape index (κ2) is 13.7. The zero-order valence-corrected chi connectivity index (χ0v) is 26.5. The summed E-state index contributed by atoms with van der Waals surface area (Å²) in [5, 5.41) is 3.22. The van der Waals surface area contributed by atoms with Gasteiger partial charge in [-0.25, -0.2) is 8.42 Å². The normalized spacial score (nSPS) is 12.2. The molecule has 0 bridgehead atoms. The van der Waals surface area contributed by atoms with Crippen LogP contribution in [0.5, 0.6) is 0 Å². The number of hydrogen-bond donors (Lipinski definition) is 1. The molecule has 0 fully saturated rings. The van der Waals surface area contributed by atoms with Gasteiger partial charge in [-0.15, -0.1) is 0 Å². The molecule has 0 aromatic heterocycles. The number of nitrogens with zero attached hydrogens (tertiary/aromatic N) is 2. The summed E-state index contributed by atoms with van der Waals surface area (Å²) in [4.78, 5) is 28.6. The molecule has 0 aliphatic carbocycles. The Morgan fingerprint density at radius 3 is 2.27 bits per heavy atom. The summed E-state index contributed by atoms with van der Waals surface area (Å²) in [6.07, 6.45) is 0. The summed E-state index contributed by atoms with van der Waals surface area (Å²) in [6, 6.07) is 17.9. The summed E-state index contributed by atoms with van der Waals surface area (Å²) in [7, 11) is -4.17. The average Bonchev–Trinajstić information content (AvgIpc) is 2.90. The Labute approximate surface area is 250 Å². The second-order valence-electron chi connectivity index (χ2n) is 10.2. The highest BCUT2D eigenvalue weighted by Gasteiger charge is 2.33. The summed E-state index contributed by atoms with van der Waals surface area (Å²) in [5.74, 6) is -0.613. The molecule has 2 amide bonds. The third-order valence-electron chi connectivity index (χ3n) is 6.42.